The monoisotopic (exact) mass is 334 g/mol. The molecule has 0 bridgehead atoms. The van der Waals surface area contributed by atoms with Crippen LogP contribution in [0, 0.1) is 0 Å². The van der Waals surface area contributed by atoms with E-state index >= 15 is 0 Å². The van der Waals surface area contributed by atoms with E-state index in [1.807, 2.05) is 17.8 Å². The van der Waals surface area contributed by atoms with Gasteiger partial charge in [0.2, 0.25) is 6.79 Å². The van der Waals surface area contributed by atoms with Gasteiger partial charge in [0.1, 0.15) is 0 Å². The Labute approximate surface area is 146 Å². The van der Waals surface area contributed by atoms with E-state index in [0.29, 0.717) is 12.0 Å². The lowest BCUT2D eigenvalue weighted by Gasteiger charge is -2.18. The molecule has 3 heteroatoms. The van der Waals surface area contributed by atoms with Crippen LogP contribution in [0.25, 0.3) is 0 Å². The number of rotatable bonds is 5. The van der Waals surface area contributed by atoms with Crippen molar-refractivity contribution in [2.75, 3.05) is 6.79 Å². The minimum Gasteiger partial charge on any atom is -0.454 e. The molecule has 1 aliphatic rings. The summed E-state index contributed by atoms with van der Waals surface area (Å²) >= 11 is 1.89. The molecule has 1 aliphatic heterocycles. The Balaban J connectivity index is 1.64. The second-order valence-electron chi connectivity index (χ2n) is 5.72. The Morgan fingerprint density at radius 1 is 0.792 bits per heavy atom. The summed E-state index contributed by atoms with van der Waals surface area (Å²) < 4.78 is 11.0. The lowest BCUT2D eigenvalue weighted by atomic mass is 10.0. The number of thioether (sulfide) groups is 1. The van der Waals surface area contributed by atoms with Crippen LogP contribution < -0.4 is 9.47 Å². The van der Waals surface area contributed by atoms with E-state index in [0.717, 1.165) is 17.9 Å². The topological polar surface area (TPSA) is 18.5 Å². The zero-order valence-corrected chi connectivity index (χ0v) is 14.0. The van der Waals surface area contributed by atoms with E-state index in [1.54, 1.807) is 0 Å². The SMILES string of the molecule is c1ccc(CC(Sc2ccccc2)c2ccc3c(c2)OCO3)cc1. The third-order valence-electron chi connectivity index (χ3n) is 4.05. The van der Waals surface area contributed by atoms with Gasteiger partial charge in [-0.25, -0.2) is 0 Å². The molecule has 0 radical (unpaired) electrons. The Morgan fingerprint density at radius 2 is 1.50 bits per heavy atom. The zero-order valence-electron chi connectivity index (χ0n) is 13.2. The van der Waals surface area contributed by atoms with Crippen LogP contribution in [0.5, 0.6) is 11.5 Å². The van der Waals surface area contributed by atoms with Crippen LogP contribution in [0.1, 0.15) is 16.4 Å². The molecule has 0 aliphatic carbocycles. The molecule has 1 heterocycles. The minimum atomic E-state index is 0.313. The summed E-state index contributed by atoms with van der Waals surface area (Å²) in [6.45, 7) is 0.313. The first-order chi connectivity index (χ1) is 11.9. The fraction of sp³-hybridized carbons (Fsp3) is 0.143. The van der Waals surface area contributed by atoms with E-state index in [1.165, 1.54) is 16.0 Å². The fourth-order valence-corrected chi connectivity index (χ4v) is 4.03. The summed E-state index contributed by atoms with van der Waals surface area (Å²) in [6.07, 6.45) is 0.972. The molecule has 2 nitrogen and oxygen atoms in total. The third kappa shape index (κ3) is 3.41. The molecular formula is C21H18O2S. The molecule has 0 saturated heterocycles. The maximum atomic E-state index is 5.56. The Hall–Kier alpha value is -2.39. The molecule has 24 heavy (non-hydrogen) atoms. The molecule has 4 rings (SSSR count). The highest BCUT2D eigenvalue weighted by molar-refractivity contribution is 7.99. The molecule has 3 aromatic carbocycles. The summed E-state index contributed by atoms with van der Waals surface area (Å²) in [5, 5.41) is 0.323. The Bertz CT molecular complexity index is 761. The Kier molecular flexibility index (Phi) is 4.43. The molecule has 0 N–H and O–H groups in total. The third-order valence-corrected chi connectivity index (χ3v) is 5.32. The summed E-state index contributed by atoms with van der Waals surface area (Å²) in [6, 6.07) is 27.5. The highest BCUT2D eigenvalue weighted by atomic mass is 32.2. The number of hydrogen-bond acceptors (Lipinski definition) is 3. The fourth-order valence-electron chi connectivity index (χ4n) is 2.83. The first kappa shape index (κ1) is 15.2. The largest absolute Gasteiger partial charge is 0.454 e. The molecule has 120 valence electrons. The number of ether oxygens (including phenoxy) is 2. The molecule has 1 unspecified atom stereocenters. The van der Waals surface area contributed by atoms with Gasteiger partial charge in [0.15, 0.2) is 11.5 Å². The van der Waals surface area contributed by atoms with Gasteiger partial charge < -0.3 is 9.47 Å². The van der Waals surface area contributed by atoms with Gasteiger partial charge in [-0.15, -0.1) is 11.8 Å². The highest BCUT2D eigenvalue weighted by Crippen LogP contribution is 2.41. The van der Waals surface area contributed by atoms with Crippen LogP contribution in [-0.2, 0) is 6.42 Å². The summed E-state index contributed by atoms with van der Waals surface area (Å²) in [4.78, 5) is 1.27. The number of fused-ring (bicyclic) bond motifs is 1. The van der Waals surface area contributed by atoms with Gasteiger partial charge in [0.05, 0.1) is 0 Å². The predicted molar refractivity (Wildman–Crippen MR) is 97.8 cm³/mol. The molecule has 0 saturated carbocycles. The Morgan fingerprint density at radius 3 is 2.29 bits per heavy atom. The zero-order chi connectivity index (χ0) is 16.2. The molecule has 0 aromatic heterocycles. The van der Waals surface area contributed by atoms with Crippen LogP contribution in [0.2, 0.25) is 0 Å². The molecule has 0 spiro atoms. The smallest absolute Gasteiger partial charge is 0.231 e. The van der Waals surface area contributed by atoms with Gasteiger partial charge in [0, 0.05) is 10.1 Å². The van der Waals surface area contributed by atoms with E-state index in [4.69, 9.17) is 9.47 Å². The maximum absolute atomic E-state index is 5.56. The van der Waals surface area contributed by atoms with Crippen molar-refractivity contribution in [3.05, 3.63) is 90.0 Å². The van der Waals surface area contributed by atoms with E-state index in [9.17, 15) is 0 Å². The van der Waals surface area contributed by atoms with Crippen molar-refractivity contribution < 1.29 is 9.47 Å². The summed E-state index contributed by atoms with van der Waals surface area (Å²) in [5.41, 5.74) is 2.60. The van der Waals surface area contributed by atoms with Crippen molar-refractivity contribution in [2.24, 2.45) is 0 Å². The van der Waals surface area contributed by atoms with Crippen molar-refractivity contribution in [1.29, 1.82) is 0 Å². The van der Waals surface area contributed by atoms with Crippen LogP contribution in [0.3, 0.4) is 0 Å². The minimum absolute atomic E-state index is 0.313. The van der Waals surface area contributed by atoms with Crippen LogP contribution in [-0.4, -0.2) is 6.79 Å². The van der Waals surface area contributed by atoms with Crippen LogP contribution >= 0.6 is 11.8 Å². The van der Waals surface area contributed by atoms with Crippen LogP contribution in [0.15, 0.2) is 83.8 Å². The van der Waals surface area contributed by atoms with Crippen LogP contribution in [0.4, 0.5) is 0 Å². The second kappa shape index (κ2) is 7.02. The van der Waals surface area contributed by atoms with Crippen molar-refractivity contribution in [2.45, 2.75) is 16.6 Å². The van der Waals surface area contributed by atoms with E-state index < -0.39 is 0 Å². The van der Waals surface area contributed by atoms with Crippen molar-refractivity contribution in [3.8, 4) is 11.5 Å². The quantitative estimate of drug-likeness (QED) is 0.575. The summed E-state index contributed by atoms with van der Waals surface area (Å²) in [7, 11) is 0. The first-order valence-corrected chi connectivity index (χ1v) is 8.91. The normalized spacial score (nSPS) is 13.7. The van der Waals surface area contributed by atoms with Crippen molar-refractivity contribution >= 4 is 11.8 Å². The van der Waals surface area contributed by atoms with E-state index in [-0.39, 0.29) is 0 Å². The highest BCUT2D eigenvalue weighted by Gasteiger charge is 2.19. The van der Waals surface area contributed by atoms with Gasteiger partial charge in [-0.05, 0) is 41.8 Å². The lowest BCUT2D eigenvalue weighted by Crippen LogP contribution is -1.99. The lowest BCUT2D eigenvalue weighted by molar-refractivity contribution is 0.174. The summed E-state index contributed by atoms with van der Waals surface area (Å²) in [5.74, 6) is 1.68. The molecular weight excluding hydrogens is 316 g/mol. The van der Waals surface area contributed by atoms with Gasteiger partial charge in [0.25, 0.3) is 0 Å². The molecule has 0 fully saturated rings. The van der Waals surface area contributed by atoms with E-state index in [2.05, 4.69) is 72.8 Å². The van der Waals surface area contributed by atoms with Gasteiger partial charge >= 0.3 is 0 Å². The first-order valence-electron chi connectivity index (χ1n) is 8.04. The second-order valence-corrected chi connectivity index (χ2v) is 7.00. The number of benzene rings is 3. The average Bonchev–Trinajstić information content (AvgIpc) is 3.11. The van der Waals surface area contributed by atoms with Crippen molar-refractivity contribution in [1.82, 2.24) is 0 Å². The molecule has 1 atom stereocenters. The molecule has 3 aromatic rings. The van der Waals surface area contributed by atoms with Crippen molar-refractivity contribution in [3.63, 3.8) is 0 Å². The maximum Gasteiger partial charge on any atom is 0.231 e. The van der Waals surface area contributed by atoms with Gasteiger partial charge in [-0.2, -0.15) is 0 Å². The predicted octanol–water partition coefficient (Wildman–Crippen LogP) is 5.49. The molecule has 0 amide bonds. The average molecular weight is 334 g/mol. The van der Waals surface area contributed by atoms with Gasteiger partial charge in [-0.1, -0.05) is 54.6 Å². The number of hydrogen-bond donors (Lipinski definition) is 0. The van der Waals surface area contributed by atoms with Gasteiger partial charge in [-0.3, -0.25) is 0 Å². The standard InChI is InChI=1S/C21H18O2S/c1-3-7-16(8-4-1)13-21(24-18-9-5-2-6-10-18)17-11-12-19-20(14-17)23-15-22-19/h1-12,14,21H,13,15H2.